The van der Waals surface area contributed by atoms with E-state index in [-0.39, 0.29) is 12.3 Å². The van der Waals surface area contributed by atoms with E-state index in [2.05, 4.69) is 29.2 Å². The van der Waals surface area contributed by atoms with Gasteiger partial charge in [-0.15, -0.1) is 11.8 Å². The number of hydrogen-bond acceptors (Lipinski definition) is 5. The number of carbonyl (C=O) groups is 1. The van der Waals surface area contributed by atoms with Crippen LogP contribution in [-0.4, -0.2) is 21.2 Å². The molecule has 0 aliphatic carbocycles. The molecule has 0 spiro atoms. The Labute approximate surface area is 127 Å². The molecule has 1 aromatic heterocycles. The number of nitrogens with zero attached hydrogens (tertiary/aromatic N) is 2. The zero-order valence-electron chi connectivity index (χ0n) is 12.1. The van der Waals surface area contributed by atoms with Crippen molar-refractivity contribution in [2.45, 2.75) is 37.3 Å². The zero-order chi connectivity index (χ0) is 15.2. The van der Waals surface area contributed by atoms with Crippen LogP contribution >= 0.6 is 11.8 Å². The van der Waals surface area contributed by atoms with Gasteiger partial charge in [0, 0.05) is 17.7 Å². The van der Waals surface area contributed by atoms with Crippen LogP contribution in [0.15, 0.2) is 33.7 Å². The van der Waals surface area contributed by atoms with Crippen LogP contribution in [0.2, 0.25) is 0 Å². The summed E-state index contributed by atoms with van der Waals surface area (Å²) in [4.78, 5) is 16.1. The molecule has 5 nitrogen and oxygen atoms in total. The number of aryl methyl sites for hydroxylation is 1. The highest BCUT2D eigenvalue weighted by Gasteiger charge is 2.13. The van der Waals surface area contributed by atoms with Gasteiger partial charge in [0.05, 0.1) is 5.75 Å². The average molecular weight is 306 g/mol. The van der Waals surface area contributed by atoms with Gasteiger partial charge in [-0.3, -0.25) is 4.79 Å². The Bertz CT molecular complexity index is 612. The molecule has 6 heteroatoms. The lowest BCUT2D eigenvalue weighted by atomic mass is 10.0. The summed E-state index contributed by atoms with van der Waals surface area (Å²) >= 11 is 1.65. The Morgan fingerprint density at radius 1 is 1.48 bits per heavy atom. The molecular weight excluding hydrogens is 288 g/mol. The Balaban J connectivity index is 1.87. The number of benzene rings is 1. The smallest absolute Gasteiger partial charge is 0.303 e. The molecule has 0 radical (unpaired) electrons. The molecule has 1 aromatic carbocycles. The second kappa shape index (κ2) is 7.26. The molecule has 0 saturated heterocycles. The monoisotopic (exact) mass is 306 g/mol. The Hall–Kier alpha value is -1.82. The van der Waals surface area contributed by atoms with Gasteiger partial charge >= 0.3 is 5.97 Å². The van der Waals surface area contributed by atoms with Crippen LogP contribution in [0.25, 0.3) is 0 Å². The molecule has 0 aliphatic rings. The van der Waals surface area contributed by atoms with E-state index in [1.165, 1.54) is 10.5 Å². The second-order valence-electron chi connectivity index (χ2n) is 5.12. The summed E-state index contributed by atoms with van der Waals surface area (Å²) in [5.74, 6) is 0.959. The minimum absolute atomic E-state index is 0.0137. The van der Waals surface area contributed by atoms with E-state index < -0.39 is 5.97 Å². The summed E-state index contributed by atoms with van der Waals surface area (Å²) in [6.07, 6.45) is 0.601. The molecule has 0 fully saturated rings. The number of hydrogen-bond donors (Lipinski definition) is 1. The van der Waals surface area contributed by atoms with Crippen LogP contribution in [0.3, 0.4) is 0 Å². The first kappa shape index (κ1) is 15.6. The van der Waals surface area contributed by atoms with Gasteiger partial charge in [0.15, 0.2) is 5.82 Å². The zero-order valence-corrected chi connectivity index (χ0v) is 12.9. The molecule has 1 atom stereocenters. The molecule has 0 saturated carbocycles. The van der Waals surface area contributed by atoms with E-state index in [4.69, 9.17) is 9.63 Å². The second-order valence-corrected chi connectivity index (χ2v) is 6.17. The third-order valence-corrected chi connectivity index (χ3v) is 3.90. The number of carboxylic acid groups (broad SMARTS) is 1. The standard InChI is InChI=1S/C15H18N2O3S/c1-10-4-3-5-12(6-10)21-9-13-16-14(20-17-13)7-11(2)8-15(18)19/h3-6,11H,7-9H2,1-2H3,(H,18,19). The van der Waals surface area contributed by atoms with Gasteiger partial charge in [-0.1, -0.05) is 29.8 Å². The lowest BCUT2D eigenvalue weighted by Crippen LogP contribution is -2.07. The third kappa shape index (κ3) is 5.23. The maximum atomic E-state index is 10.6. The van der Waals surface area contributed by atoms with Crippen molar-refractivity contribution in [3.05, 3.63) is 41.5 Å². The predicted molar refractivity (Wildman–Crippen MR) is 80.2 cm³/mol. The number of thioether (sulfide) groups is 1. The summed E-state index contributed by atoms with van der Waals surface area (Å²) < 4.78 is 5.16. The van der Waals surface area contributed by atoms with Gasteiger partial charge in [0.25, 0.3) is 0 Å². The quantitative estimate of drug-likeness (QED) is 0.791. The highest BCUT2D eigenvalue weighted by Crippen LogP contribution is 2.22. The Kier molecular flexibility index (Phi) is 5.38. The number of carboxylic acids is 1. The fourth-order valence-corrected chi connectivity index (χ4v) is 2.81. The van der Waals surface area contributed by atoms with Crippen molar-refractivity contribution in [2.75, 3.05) is 0 Å². The largest absolute Gasteiger partial charge is 0.481 e. The third-order valence-electron chi connectivity index (χ3n) is 2.91. The molecule has 1 unspecified atom stereocenters. The molecule has 0 bridgehead atoms. The van der Waals surface area contributed by atoms with Crippen LogP contribution in [-0.2, 0) is 17.0 Å². The molecule has 0 aliphatic heterocycles. The van der Waals surface area contributed by atoms with E-state index >= 15 is 0 Å². The average Bonchev–Trinajstić information content (AvgIpc) is 2.83. The highest BCUT2D eigenvalue weighted by atomic mass is 32.2. The number of aliphatic carboxylic acids is 1. The van der Waals surface area contributed by atoms with Crippen molar-refractivity contribution < 1.29 is 14.4 Å². The normalized spacial score (nSPS) is 12.3. The molecule has 21 heavy (non-hydrogen) atoms. The van der Waals surface area contributed by atoms with E-state index in [9.17, 15) is 4.79 Å². The van der Waals surface area contributed by atoms with Crippen LogP contribution in [0.4, 0.5) is 0 Å². The first-order valence-electron chi connectivity index (χ1n) is 6.75. The van der Waals surface area contributed by atoms with Crippen LogP contribution in [0, 0.1) is 12.8 Å². The summed E-state index contributed by atoms with van der Waals surface area (Å²) in [5.41, 5.74) is 1.22. The van der Waals surface area contributed by atoms with Crippen LogP contribution in [0.1, 0.15) is 30.6 Å². The van der Waals surface area contributed by atoms with E-state index in [1.807, 2.05) is 19.1 Å². The van der Waals surface area contributed by atoms with Crippen molar-refractivity contribution in [3.63, 3.8) is 0 Å². The summed E-state index contributed by atoms with van der Waals surface area (Å²) in [5, 5.41) is 12.7. The predicted octanol–water partition coefficient (Wildman–Crippen LogP) is 3.32. The molecule has 112 valence electrons. The molecular formula is C15H18N2O3S. The summed E-state index contributed by atoms with van der Waals surface area (Å²) in [7, 11) is 0. The molecule has 0 amide bonds. The van der Waals surface area contributed by atoms with Gasteiger partial charge in [-0.2, -0.15) is 4.98 Å². The van der Waals surface area contributed by atoms with Gasteiger partial charge < -0.3 is 9.63 Å². The van der Waals surface area contributed by atoms with E-state index in [1.54, 1.807) is 11.8 Å². The topological polar surface area (TPSA) is 76.2 Å². The first-order valence-corrected chi connectivity index (χ1v) is 7.74. The van der Waals surface area contributed by atoms with Gasteiger partial charge in [0.2, 0.25) is 5.89 Å². The van der Waals surface area contributed by atoms with E-state index in [0.717, 1.165) is 0 Å². The first-order chi connectivity index (χ1) is 10.0. The lowest BCUT2D eigenvalue weighted by molar-refractivity contribution is -0.137. The van der Waals surface area contributed by atoms with Crippen molar-refractivity contribution in [2.24, 2.45) is 5.92 Å². The Morgan fingerprint density at radius 3 is 3.00 bits per heavy atom. The van der Waals surface area contributed by atoms with Crippen molar-refractivity contribution in [1.82, 2.24) is 10.1 Å². The SMILES string of the molecule is Cc1cccc(SCc2noc(CC(C)CC(=O)O)n2)c1. The van der Waals surface area contributed by atoms with Crippen LogP contribution in [0.5, 0.6) is 0 Å². The lowest BCUT2D eigenvalue weighted by Gasteiger charge is -2.03. The maximum absolute atomic E-state index is 10.6. The van der Waals surface area contributed by atoms with Crippen molar-refractivity contribution in [1.29, 1.82) is 0 Å². The molecule has 1 N–H and O–H groups in total. The fourth-order valence-electron chi connectivity index (χ4n) is 1.95. The maximum Gasteiger partial charge on any atom is 0.303 e. The van der Waals surface area contributed by atoms with Gasteiger partial charge in [-0.05, 0) is 25.0 Å². The highest BCUT2D eigenvalue weighted by molar-refractivity contribution is 7.98. The fraction of sp³-hybridized carbons (Fsp3) is 0.400. The van der Waals surface area contributed by atoms with E-state index in [0.29, 0.717) is 23.9 Å². The molecule has 2 rings (SSSR count). The minimum Gasteiger partial charge on any atom is -0.481 e. The van der Waals surface area contributed by atoms with Gasteiger partial charge in [0.1, 0.15) is 0 Å². The molecule has 2 aromatic rings. The van der Waals surface area contributed by atoms with Crippen molar-refractivity contribution in [3.8, 4) is 0 Å². The minimum atomic E-state index is -0.808. The van der Waals surface area contributed by atoms with Crippen molar-refractivity contribution >= 4 is 17.7 Å². The molecule has 1 heterocycles. The summed E-state index contributed by atoms with van der Waals surface area (Å²) in [6.45, 7) is 3.92. The van der Waals surface area contributed by atoms with Crippen LogP contribution < -0.4 is 0 Å². The number of rotatable bonds is 7. The number of aromatic nitrogens is 2. The summed E-state index contributed by atoms with van der Waals surface area (Å²) in [6, 6.07) is 8.24. The van der Waals surface area contributed by atoms with Gasteiger partial charge in [-0.25, -0.2) is 0 Å². The Morgan fingerprint density at radius 2 is 2.29 bits per heavy atom.